The number of fused-ring (bicyclic) bond motifs is 1. The number of rotatable bonds is 5. The summed E-state index contributed by atoms with van der Waals surface area (Å²) in [4.78, 5) is 0. The normalized spacial score (nSPS) is 30.1. The third kappa shape index (κ3) is 3.63. The zero-order valence-corrected chi connectivity index (χ0v) is 12.9. The molecule has 0 unspecified atom stereocenters. The maximum Gasteiger partial charge on any atom is 0.164 e. The summed E-state index contributed by atoms with van der Waals surface area (Å²) in [5.74, 6) is -0.0899. The number of aryl methyl sites for hydroxylation is 1. The van der Waals surface area contributed by atoms with Gasteiger partial charge in [0, 0.05) is 5.92 Å². The second kappa shape index (κ2) is 6.17. The van der Waals surface area contributed by atoms with Crippen LogP contribution in [0.4, 0.5) is 0 Å². The number of allylic oxidation sites excluding steroid dienone is 1. The van der Waals surface area contributed by atoms with Gasteiger partial charge < -0.3 is 9.47 Å². The fraction of sp³-hybridized carbons (Fsp3) is 0.474. The SMILES string of the molecule is CC1(C)O[C@H]2[C@H](/C=C/CCCc3ccccc3)C=C[C@H]2O1. The van der Waals surface area contributed by atoms with E-state index in [-0.39, 0.29) is 12.2 Å². The standard InChI is InChI=1S/C19H24O2/c1-19(2)20-17-14-13-16(18(17)21-19)12-8-4-7-11-15-9-5-3-6-10-15/h3,5-6,8-10,12-14,16-18H,4,7,11H2,1-2H3/b12-8+/t16-,17-,18+/m1/s1. The van der Waals surface area contributed by atoms with Crippen molar-refractivity contribution in [2.24, 2.45) is 5.92 Å². The molecule has 21 heavy (non-hydrogen) atoms. The Bertz CT molecular complexity index is 516. The van der Waals surface area contributed by atoms with Crippen LogP contribution in [0.3, 0.4) is 0 Å². The molecule has 1 heterocycles. The predicted octanol–water partition coefficient (Wildman–Crippen LogP) is 4.27. The van der Waals surface area contributed by atoms with Gasteiger partial charge in [-0.05, 0) is 38.7 Å². The minimum atomic E-state index is -0.445. The molecule has 1 aliphatic carbocycles. The molecule has 2 aliphatic rings. The van der Waals surface area contributed by atoms with Crippen molar-refractivity contribution in [3.8, 4) is 0 Å². The Morgan fingerprint density at radius 3 is 2.71 bits per heavy atom. The van der Waals surface area contributed by atoms with Crippen molar-refractivity contribution in [2.45, 2.75) is 51.1 Å². The van der Waals surface area contributed by atoms with Crippen LogP contribution in [0.25, 0.3) is 0 Å². The average Bonchev–Trinajstić information content (AvgIpc) is 2.95. The van der Waals surface area contributed by atoms with Crippen LogP contribution < -0.4 is 0 Å². The highest BCUT2D eigenvalue weighted by Gasteiger charge is 2.45. The van der Waals surface area contributed by atoms with Crippen LogP contribution >= 0.6 is 0 Å². The van der Waals surface area contributed by atoms with Crippen molar-refractivity contribution >= 4 is 0 Å². The summed E-state index contributed by atoms with van der Waals surface area (Å²) < 4.78 is 11.8. The van der Waals surface area contributed by atoms with E-state index in [2.05, 4.69) is 54.6 Å². The number of ether oxygens (including phenoxy) is 2. The van der Waals surface area contributed by atoms with Crippen molar-refractivity contribution in [3.05, 3.63) is 60.2 Å². The first-order valence-electron chi connectivity index (χ1n) is 7.89. The molecule has 1 saturated heterocycles. The Kier molecular flexibility index (Phi) is 4.27. The molecular weight excluding hydrogens is 260 g/mol. The number of hydrogen-bond donors (Lipinski definition) is 0. The zero-order valence-electron chi connectivity index (χ0n) is 12.9. The molecule has 3 rings (SSSR count). The molecule has 1 aromatic carbocycles. The molecule has 3 atom stereocenters. The summed E-state index contributed by atoms with van der Waals surface area (Å²) in [6.45, 7) is 3.97. The summed E-state index contributed by atoms with van der Waals surface area (Å²) in [6, 6.07) is 10.7. The van der Waals surface area contributed by atoms with E-state index in [1.807, 2.05) is 13.8 Å². The van der Waals surface area contributed by atoms with Gasteiger partial charge in [-0.15, -0.1) is 0 Å². The Morgan fingerprint density at radius 2 is 1.90 bits per heavy atom. The van der Waals surface area contributed by atoms with Crippen molar-refractivity contribution in [3.63, 3.8) is 0 Å². The lowest BCUT2D eigenvalue weighted by molar-refractivity contribution is -0.146. The van der Waals surface area contributed by atoms with Gasteiger partial charge in [-0.1, -0.05) is 54.6 Å². The monoisotopic (exact) mass is 284 g/mol. The molecule has 0 saturated carbocycles. The van der Waals surface area contributed by atoms with Crippen LogP contribution in [0.5, 0.6) is 0 Å². The predicted molar refractivity (Wildman–Crippen MR) is 85.0 cm³/mol. The third-order valence-corrected chi connectivity index (χ3v) is 4.10. The summed E-state index contributed by atoms with van der Waals surface area (Å²) in [5.41, 5.74) is 1.42. The molecule has 2 heteroatoms. The average molecular weight is 284 g/mol. The van der Waals surface area contributed by atoms with Gasteiger partial charge >= 0.3 is 0 Å². The van der Waals surface area contributed by atoms with Crippen LogP contribution in [0, 0.1) is 5.92 Å². The highest BCUT2D eigenvalue weighted by atomic mass is 16.8. The minimum Gasteiger partial charge on any atom is -0.343 e. The van der Waals surface area contributed by atoms with E-state index >= 15 is 0 Å². The topological polar surface area (TPSA) is 18.5 Å². The molecule has 112 valence electrons. The van der Waals surface area contributed by atoms with Gasteiger partial charge in [0.1, 0.15) is 12.2 Å². The summed E-state index contributed by atoms with van der Waals surface area (Å²) >= 11 is 0. The second-order valence-electron chi connectivity index (χ2n) is 6.33. The van der Waals surface area contributed by atoms with Gasteiger partial charge in [-0.3, -0.25) is 0 Å². The first-order valence-corrected chi connectivity index (χ1v) is 7.89. The fourth-order valence-corrected chi connectivity index (χ4v) is 3.11. The maximum atomic E-state index is 5.98. The summed E-state index contributed by atoms with van der Waals surface area (Å²) in [6.07, 6.45) is 12.6. The molecule has 0 radical (unpaired) electrons. The zero-order chi connectivity index (χ0) is 14.7. The molecule has 1 fully saturated rings. The van der Waals surface area contributed by atoms with Crippen LogP contribution in [0.1, 0.15) is 32.3 Å². The van der Waals surface area contributed by atoms with E-state index in [9.17, 15) is 0 Å². The highest BCUT2D eigenvalue weighted by Crippen LogP contribution is 2.37. The third-order valence-electron chi connectivity index (χ3n) is 4.10. The van der Waals surface area contributed by atoms with Crippen LogP contribution in [-0.2, 0) is 15.9 Å². The fourth-order valence-electron chi connectivity index (χ4n) is 3.11. The van der Waals surface area contributed by atoms with Gasteiger partial charge in [0.25, 0.3) is 0 Å². The van der Waals surface area contributed by atoms with Gasteiger partial charge in [-0.2, -0.15) is 0 Å². The van der Waals surface area contributed by atoms with Crippen molar-refractivity contribution in [1.29, 1.82) is 0 Å². The number of hydrogen-bond acceptors (Lipinski definition) is 2. The Morgan fingerprint density at radius 1 is 1.10 bits per heavy atom. The molecule has 1 aromatic rings. The van der Waals surface area contributed by atoms with E-state index in [4.69, 9.17) is 9.47 Å². The molecule has 1 aliphatic heterocycles. The van der Waals surface area contributed by atoms with Gasteiger partial charge in [0.05, 0.1) is 0 Å². The number of unbranched alkanes of at least 4 members (excludes halogenated alkanes) is 1. The quantitative estimate of drug-likeness (QED) is 0.594. The van der Waals surface area contributed by atoms with Crippen molar-refractivity contribution < 1.29 is 9.47 Å². The largest absolute Gasteiger partial charge is 0.343 e. The Hall–Kier alpha value is -1.38. The lowest BCUT2D eigenvalue weighted by atomic mass is 10.0. The van der Waals surface area contributed by atoms with Gasteiger partial charge in [0.15, 0.2) is 5.79 Å². The Balaban J connectivity index is 1.44. The van der Waals surface area contributed by atoms with Crippen LogP contribution in [0.15, 0.2) is 54.6 Å². The Labute approximate surface area is 127 Å². The summed E-state index contributed by atoms with van der Waals surface area (Å²) in [7, 11) is 0. The van der Waals surface area contributed by atoms with E-state index < -0.39 is 5.79 Å². The van der Waals surface area contributed by atoms with Crippen molar-refractivity contribution in [2.75, 3.05) is 0 Å². The van der Waals surface area contributed by atoms with E-state index in [1.165, 1.54) is 12.0 Å². The molecule has 0 aromatic heterocycles. The summed E-state index contributed by atoms with van der Waals surface area (Å²) in [5, 5.41) is 0. The molecule has 0 amide bonds. The lowest BCUT2D eigenvalue weighted by Gasteiger charge is -2.19. The number of benzene rings is 1. The van der Waals surface area contributed by atoms with Crippen LogP contribution in [-0.4, -0.2) is 18.0 Å². The van der Waals surface area contributed by atoms with Crippen molar-refractivity contribution in [1.82, 2.24) is 0 Å². The first kappa shape index (κ1) is 14.6. The van der Waals surface area contributed by atoms with E-state index in [0.717, 1.165) is 12.8 Å². The molecule has 2 nitrogen and oxygen atoms in total. The minimum absolute atomic E-state index is 0.124. The highest BCUT2D eigenvalue weighted by molar-refractivity contribution is 5.18. The smallest absolute Gasteiger partial charge is 0.164 e. The van der Waals surface area contributed by atoms with Gasteiger partial charge in [-0.25, -0.2) is 0 Å². The molecule has 0 bridgehead atoms. The molecule has 0 spiro atoms. The first-order chi connectivity index (χ1) is 10.1. The van der Waals surface area contributed by atoms with Gasteiger partial charge in [0.2, 0.25) is 0 Å². The van der Waals surface area contributed by atoms with Crippen LogP contribution in [0.2, 0.25) is 0 Å². The van der Waals surface area contributed by atoms with E-state index in [1.54, 1.807) is 0 Å². The second-order valence-corrected chi connectivity index (χ2v) is 6.33. The van der Waals surface area contributed by atoms with E-state index in [0.29, 0.717) is 5.92 Å². The molecule has 0 N–H and O–H groups in total. The maximum absolute atomic E-state index is 5.98. The molecular formula is C19H24O2. The lowest BCUT2D eigenvalue weighted by Crippen LogP contribution is -2.24.